The van der Waals surface area contributed by atoms with E-state index in [-0.39, 0.29) is 5.91 Å². The second-order valence-electron chi connectivity index (χ2n) is 5.10. The molecule has 0 aliphatic carbocycles. The Kier molecular flexibility index (Phi) is 5.33. The number of hydrogen-bond acceptors (Lipinski definition) is 4. The van der Waals surface area contributed by atoms with E-state index in [4.69, 9.17) is 4.42 Å². The van der Waals surface area contributed by atoms with Crippen molar-refractivity contribution in [3.63, 3.8) is 0 Å². The summed E-state index contributed by atoms with van der Waals surface area (Å²) in [6.45, 7) is 2.47. The van der Waals surface area contributed by atoms with E-state index in [0.717, 1.165) is 21.9 Å². The molecule has 0 atom stereocenters. The molecule has 0 aliphatic rings. The lowest BCUT2D eigenvalue weighted by Crippen LogP contribution is -2.23. The molecule has 2 aromatic heterocycles. The Bertz CT molecular complexity index is 816. The normalized spacial score (nSPS) is 10.5. The van der Waals surface area contributed by atoms with Crippen LogP contribution in [0, 0.1) is 0 Å². The van der Waals surface area contributed by atoms with Crippen molar-refractivity contribution in [3.05, 3.63) is 72.1 Å². The molecule has 5 heteroatoms. The van der Waals surface area contributed by atoms with E-state index in [9.17, 15) is 4.79 Å². The summed E-state index contributed by atoms with van der Waals surface area (Å²) in [5.41, 5.74) is 2.37. The summed E-state index contributed by atoms with van der Waals surface area (Å²) in [6, 6.07) is 15.1. The first kappa shape index (κ1) is 16.3. The lowest BCUT2D eigenvalue weighted by atomic mass is 10.1. The predicted octanol–water partition coefficient (Wildman–Crippen LogP) is 4.38. The summed E-state index contributed by atoms with van der Waals surface area (Å²) in [5, 5.41) is 2.98. The van der Waals surface area contributed by atoms with Gasteiger partial charge in [0, 0.05) is 23.2 Å². The number of amides is 1. The topological polar surface area (TPSA) is 55.1 Å². The van der Waals surface area contributed by atoms with Gasteiger partial charge in [0.25, 0.3) is 5.91 Å². The van der Waals surface area contributed by atoms with Crippen molar-refractivity contribution in [2.24, 2.45) is 0 Å². The standard InChI is InChI=1S/C19H18N2O2S/c1-2-24-17-10-4-3-8-15(17)19(22)21-13-14-7-5-11-20-18(14)16-9-6-12-23-16/h3-12H,2,13H2,1H3,(H,21,22). The Morgan fingerprint density at radius 3 is 2.83 bits per heavy atom. The number of hydrogen-bond donors (Lipinski definition) is 1. The fourth-order valence-electron chi connectivity index (χ4n) is 2.42. The summed E-state index contributed by atoms with van der Waals surface area (Å²) in [6.07, 6.45) is 3.33. The number of pyridine rings is 1. The van der Waals surface area contributed by atoms with Gasteiger partial charge in [0.05, 0.1) is 11.8 Å². The third kappa shape index (κ3) is 3.68. The van der Waals surface area contributed by atoms with Gasteiger partial charge in [-0.05, 0) is 36.1 Å². The Morgan fingerprint density at radius 2 is 2.04 bits per heavy atom. The SMILES string of the molecule is CCSc1ccccc1C(=O)NCc1cccnc1-c1ccco1. The molecule has 0 fully saturated rings. The lowest BCUT2D eigenvalue weighted by molar-refractivity contribution is 0.0948. The van der Waals surface area contributed by atoms with Crippen LogP contribution in [0.5, 0.6) is 0 Å². The van der Waals surface area contributed by atoms with Crippen LogP contribution in [0.15, 0.2) is 70.3 Å². The molecular formula is C19H18N2O2S. The molecule has 1 N–H and O–H groups in total. The van der Waals surface area contributed by atoms with Gasteiger partial charge in [-0.2, -0.15) is 0 Å². The molecule has 24 heavy (non-hydrogen) atoms. The van der Waals surface area contributed by atoms with E-state index in [1.54, 1.807) is 24.2 Å². The van der Waals surface area contributed by atoms with Crippen LogP contribution in [0.1, 0.15) is 22.8 Å². The van der Waals surface area contributed by atoms with Crippen LogP contribution in [-0.4, -0.2) is 16.6 Å². The van der Waals surface area contributed by atoms with E-state index >= 15 is 0 Å². The molecule has 1 amide bonds. The second kappa shape index (κ2) is 7.84. The van der Waals surface area contributed by atoms with Gasteiger partial charge < -0.3 is 9.73 Å². The highest BCUT2D eigenvalue weighted by Gasteiger charge is 2.13. The third-order valence-corrected chi connectivity index (χ3v) is 4.47. The number of thioether (sulfide) groups is 1. The first-order valence-corrected chi connectivity index (χ1v) is 8.76. The maximum Gasteiger partial charge on any atom is 0.252 e. The number of furan rings is 1. The van der Waals surface area contributed by atoms with Crippen molar-refractivity contribution in [2.45, 2.75) is 18.4 Å². The van der Waals surface area contributed by atoms with Crippen LogP contribution < -0.4 is 5.32 Å². The number of nitrogens with zero attached hydrogens (tertiary/aromatic N) is 1. The molecule has 0 bridgehead atoms. The molecule has 3 rings (SSSR count). The van der Waals surface area contributed by atoms with Crippen molar-refractivity contribution in [2.75, 3.05) is 5.75 Å². The highest BCUT2D eigenvalue weighted by atomic mass is 32.2. The van der Waals surface area contributed by atoms with E-state index in [1.807, 2.05) is 48.5 Å². The summed E-state index contributed by atoms with van der Waals surface area (Å²) in [5.74, 6) is 1.54. The molecule has 122 valence electrons. The molecule has 0 radical (unpaired) electrons. The second-order valence-corrected chi connectivity index (χ2v) is 6.41. The number of rotatable bonds is 6. The van der Waals surface area contributed by atoms with E-state index in [1.165, 1.54) is 0 Å². The van der Waals surface area contributed by atoms with Crippen molar-refractivity contribution in [1.82, 2.24) is 10.3 Å². The van der Waals surface area contributed by atoms with Gasteiger partial charge in [-0.3, -0.25) is 9.78 Å². The number of nitrogens with one attached hydrogen (secondary N) is 1. The Morgan fingerprint density at radius 1 is 1.17 bits per heavy atom. The third-order valence-electron chi connectivity index (χ3n) is 3.52. The number of carbonyl (C=O) groups is 1. The summed E-state index contributed by atoms with van der Waals surface area (Å²) in [7, 11) is 0. The first-order valence-electron chi connectivity index (χ1n) is 7.77. The summed E-state index contributed by atoms with van der Waals surface area (Å²) in [4.78, 5) is 17.9. The van der Waals surface area contributed by atoms with Gasteiger partial charge in [0.2, 0.25) is 0 Å². The highest BCUT2D eigenvalue weighted by Crippen LogP contribution is 2.23. The zero-order chi connectivity index (χ0) is 16.8. The molecule has 0 aliphatic heterocycles. The molecular weight excluding hydrogens is 320 g/mol. The van der Waals surface area contributed by atoms with Gasteiger partial charge >= 0.3 is 0 Å². The number of aromatic nitrogens is 1. The van der Waals surface area contributed by atoms with Crippen molar-refractivity contribution in [1.29, 1.82) is 0 Å². The largest absolute Gasteiger partial charge is 0.463 e. The van der Waals surface area contributed by atoms with Crippen molar-refractivity contribution in [3.8, 4) is 11.5 Å². The predicted molar refractivity (Wildman–Crippen MR) is 95.9 cm³/mol. The van der Waals surface area contributed by atoms with Gasteiger partial charge in [-0.15, -0.1) is 11.8 Å². The monoisotopic (exact) mass is 338 g/mol. The van der Waals surface area contributed by atoms with Gasteiger partial charge in [-0.1, -0.05) is 25.1 Å². The Labute approximate surface area is 145 Å². The molecule has 0 saturated heterocycles. The quantitative estimate of drug-likeness (QED) is 0.678. The van der Waals surface area contributed by atoms with Crippen LogP contribution >= 0.6 is 11.8 Å². The van der Waals surface area contributed by atoms with Gasteiger partial charge in [-0.25, -0.2) is 0 Å². The minimum absolute atomic E-state index is 0.0826. The molecule has 2 heterocycles. The molecule has 1 aromatic carbocycles. The average molecular weight is 338 g/mol. The van der Waals surface area contributed by atoms with Crippen LogP contribution in [0.3, 0.4) is 0 Å². The molecule has 4 nitrogen and oxygen atoms in total. The van der Waals surface area contributed by atoms with Gasteiger partial charge in [0.15, 0.2) is 5.76 Å². The summed E-state index contributed by atoms with van der Waals surface area (Å²) >= 11 is 1.66. The van der Waals surface area contributed by atoms with Crippen LogP contribution in [-0.2, 0) is 6.54 Å². The highest BCUT2D eigenvalue weighted by molar-refractivity contribution is 7.99. The fourth-order valence-corrected chi connectivity index (χ4v) is 3.22. The molecule has 0 spiro atoms. The zero-order valence-electron chi connectivity index (χ0n) is 13.4. The first-order chi connectivity index (χ1) is 11.8. The maximum atomic E-state index is 12.5. The van der Waals surface area contributed by atoms with E-state index in [2.05, 4.69) is 17.2 Å². The molecule has 0 unspecified atom stereocenters. The fraction of sp³-hybridized carbons (Fsp3) is 0.158. The van der Waals surface area contributed by atoms with E-state index in [0.29, 0.717) is 17.9 Å². The van der Waals surface area contributed by atoms with Crippen LogP contribution in [0.25, 0.3) is 11.5 Å². The molecule has 3 aromatic rings. The smallest absolute Gasteiger partial charge is 0.252 e. The van der Waals surface area contributed by atoms with Crippen molar-refractivity contribution < 1.29 is 9.21 Å². The maximum absolute atomic E-state index is 12.5. The zero-order valence-corrected chi connectivity index (χ0v) is 14.2. The Hall–Kier alpha value is -2.53. The minimum Gasteiger partial charge on any atom is -0.463 e. The van der Waals surface area contributed by atoms with Crippen molar-refractivity contribution >= 4 is 17.7 Å². The number of carbonyl (C=O) groups excluding carboxylic acids is 1. The average Bonchev–Trinajstić information content (AvgIpc) is 3.15. The molecule has 0 saturated carbocycles. The number of benzene rings is 1. The van der Waals surface area contributed by atoms with E-state index < -0.39 is 0 Å². The minimum atomic E-state index is -0.0826. The Balaban J connectivity index is 1.76. The van der Waals surface area contributed by atoms with Gasteiger partial charge in [0.1, 0.15) is 5.69 Å². The lowest BCUT2D eigenvalue weighted by Gasteiger charge is -2.11. The van der Waals surface area contributed by atoms with Crippen LogP contribution in [0.4, 0.5) is 0 Å². The van der Waals surface area contributed by atoms with Crippen LogP contribution in [0.2, 0.25) is 0 Å². The summed E-state index contributed by atoms with van der Waals surface area (Å²) < 4.78 is 5.42.